The predicted octanol–water partition coefficient (Wildman–Crippen LogP) is 2.13. The summed E-state index contributed by atoms with van der Waals surface area (Å²) in [7, 11) is -1.32. The molecule has 1 aromatic carbocycles. The molecule has 0 aliphatic heterocycles. The zero-order valence-corrected chi connectivity index (χ0v) is 16.4. The van der Waals surface area contributed by atoms with E-state index < -0.39 is 21.6 Å². The maximum Gasteiger partial charge on any atom is 0.349 e. The molecule has 8 nitrogen and oxygen atoms in total. The van der Waals surface area contributed by atoms with Crippen LogP contribution in [0.4, 0.5) is 5.69 Å². The molecule has 0 unspecified atom stereocenters. The van der Waals surface area contributed by atoms with Gasteiger partial charge >= 0.3 is 5.97 Å². The third-order valence-electron chi connectivity index (χ3n) is 4.08. The normalized spacial score (nSPS) is 11.4. The Balaban J connectivity index is 2.08. The third-order valence-corrected chi connectivity index (χ3v) is 6.50. The van der Waals surface area contributed by atoms with Crippen LogP contribution in [0.5, 0.6) is 0 Å². The molecule has 2 heterocycles. The van der Waals surface area contributed by atoms with E-state index in [9.17, 15) is 18.0 Å². The second-order valence-electron chi connectivity index (χ2n) is 5.65. The fourth-order valence-corrected chi connectivity index (χ4v) is 5.08. The minimum absolute atomic E-state index is 0.0537. The average Bonchev–Trinajstić information content (AvgIpc) is 3.23. The van der Waals surface area contributed by atoms with Crippen LogP contribution in [-0.2, 0) is 21.8 Å². The van der Waals surface area contributed by atoms with Gasteiger partial charge in [0.2, 0.25) is 0 Å². The lowest BCUT2D eigenvalue weighted by molar-refractivity contribution is 0.0602. The maximum absolute atomic E-state index is 12.9. The summed E-state index contributed by atoms with van der Waals surface area (Å²) in [6, 6.07) is 10.2. The van der Waals surface area contributed by atoms with E-state index in [1.165, 1.54) is 23.2 Å². The number of carbonyl (C=O) groups is 1. The van der Waals surface area contributed by atoms with Crippen molar-refractivity contribution in [2.24, 2.45) is 7.05 Å². The van der Waals surface area contributed by atoms with Gasteiger partial charge in [-0.25, -0.2) is 17.9 Å². The summed E-state index contributed by atoms with van der Waals surface area (Å²) in [5.74, 6) is -0.753. The monoisotopic (exact) mass is 407 g/mol. The van der Waals surface area contributed by atoms with Gasteiger partial charge in [0, 0.05) is 7.05 Å². The highest BCUT2D eigenvalue weighted by atomic mass is 32.2. The highest BCUT2D eigenvalue weighted by Crippen LogP contribution is 2.25. The first kappa shape index (κ1) is 18.9. The second kappa shape index (κ2) is 7.05. The van der Waals surface area contributed by atoms with Crippen molar-refractivity contribution in [2.45, 2.75) is 11.8 Å². The lowest BCUT2D eigenvalue weighted by atomic mass is 10.3. The summed E-state index contributed by atoms with van der Waals surface area (Å²) >= 11 is 0.951. The minimum Gasteiger partial charge on any atom is -0.465 e. The van der Waals surface area contributed by atoms with Gasteiger partial charge in [0.15, 0.2) is 0 Å². The number of hydrogen-bond donors (Lipinski definition) is 1. The Kier molecular flexibility index (Phi) is 4.94. The summed E-state index contributed by atoms with van der Waals surface area (Å²) in [5.41, 5.74) is 0.439. The lowest BCUT2D eigenvalue weighted by Crippen LogP contribution is -2.23. The van der Waals surface area contributed by atoms with Crippen LogP contribution < -0.4 is 10.3 Å². The number of nitrogens with one attached hydrogen (secondary N) is 1. The predicted molar refractivity (Wildman–Crippen MR) is 102 cm³/mol. The van der Waals surface area contributed by atoms with Crippen LogP contribution in [0.3, 0.4) is 0 Å². The van der Waals surface area contributed by atoms with E-state index in [0.29, 0.717) is 11.4 Å². The summed E-state index contributed by atoms with van der Waals surface area (Å²) < 4.78 is 35.5. The van der Waals surface area contributed by atoms with Gasteiger partial charge in [-0.1, -0.05) is 18.2 Å². The van der Waals surface area contributed by atoms with Crippen LogP contribution in [-0.4, -0.2) is 30.9 Å². The number of anilines is 1. The van der Waals surface area contributed by atoms with Gasteiger partial charge in [0.05, 0.1) is 18.5 Å². The number of rotatable bonds is 5. The maximum atomic E-state index is 12.9. The number of aromatic nitrogens is 2. The molecule has 0 aliphatic carbocycles. The minimum atomic E-state index is -4.15. The molecular formula is C17H17N3O5S2. The number of methoxy groups -OCH3 is 1. The number of hydrogen-bond acceptors (Lipinski definition) is 6. The van der Waals surface area contributed by atoms with E-state index in [1.54, 1.807) is 42.9 Å². The van der Waals surface area contributed by atoms with Crippen LogP contribution in [0.2, 0.25) is 0 Å². The van der Waals surface area contributed by atoms with Crippen molar-refractivity contribution in [3.63, 3.8) is 0 Å². The van der Waals surface area contributed by atoms with E-state index in [0.717, 1.165) is 11.3 Å². The van der Waals surface area contributed by atoms with Crippen molar-refractivity contribution in [1.82, 2.24) is 9.36 Å². The molecule has 0 amide bonds. The van der Waals surface area contributed by atoms with E-state index in [4.69, 9.17) is 0 Å². The van der Waals surface area contributed by atoms with Gasteiger partial charge in [0.25, 0.3) is 15.6 Å². The Morgan fingerprint density at radius 1 is 1.19 bits per heavy atom. The smallest absolute Gasteiger partial charge is 0.349 e. The lowest BCUT2D eigenvalue weighted by Gasteiger charge is -2.07. The molecule has 1 N–H and O–H groups in total. The van der Waals surface area contributed by atoms with Crippen molar-refractivity contribution < 1.29 is 17.9 Å². The molecule has 2 aromatic heterocycles. The van der Waals surface area contributed by atoms with Crippen LogP contribution in [0.1, 0.15) is 15.4 Å². The van der Waals surface area contributed by atoms with Crippen molar-refractivity contribution in [3.05, 3.63) is 62.7 Å². The number of nitrogens with zero attached hydrogens (tertiary/aromatic N) is 2. The summed E-state index contributed by atoms with van der Waals surface area (Å²) in [6.45, 7) is 1.63. The standard InChI is InChI=1S/C17H17N3O5S2/c1-11-14(16(21)20(19(11)2)12-7-5-4-6-8-12)18-27(23,24)13-9-10-26-15(13)17(22)25-3/h4-10,18H,1-3H3. The van der Waals surface area contributed by atoms with Gasteiger partial charge in [-0.2, -0.15) is 0 Å². The number of ether oxygens (including phenoxy) is 1. The molecule has 27 heavy (non-hydrogen) atoms. The number of carbonyl (C=O) groups excluding carboxylic acids is 1. The molecule has 0 saturated carbocycles. The number of esters is 1. The number of thiophene rings is 1. The first-order valence-electron chi connectivity index (χ1n) is 7.80. The molecule has 0 aliphatic rings. The van der Waals surface area contributed by atoms with Crippen molar-refractivity contribution in [3.8, 4) is 5.69 Å². The molecule has 0 radical (unpaired) electrons. The number of sulfonamides is 1. The molecule has 0 saturated heterocycles. The number of para-hydroxylation sites is 1. The highest BCUT2D eigenvalue weighted by molar-refractivity contribution is 7.93. The molecule has 0 fully saturated rings. The molecule has 3 rings (SSSR count). The Labute approximate surface area is 159 Å². The van der Waals surface area contributed by atoms with E-state index in [2.05, 4.69) is 9.46 Å². The van der Waals surface area contributed by atoms with E-state index in [1.807, 2.05) is 6.07 Å². The topological polar surface area (TPSA) is 99.4 Å². The fourth-order valence-electron chi connectivity index (χ4n) is 2.63. The fraction of sp³-hybridized carbons (Fsp3) is 0.176. The first-order chi connectivity index (χ1) is 12.8. The SMILES string of the molecule is COC(=O)c1sccc1S(=O)(=O)Nc1c(C)n(C)n(-c2ccccc2)c1=O. The van der Waals surface area contributed by atoms with Crippen LogP contribution in [0.15, 0.2) is 51.5 Å². The van der Waals surface area contributed by atoms with Gasteiger partial charge in [-0.15, -0.1) is 11.3 Å². The molecule has 0 atom stereocenters. The third kappa shape index (κ3) is 3.28. The zero-order chi connectivity index (χ0) is 19.8. The molecule has 142 valence electrons. The highest BCUT2D eigenvalue weighted by Gasteiger charge is 2.27. The molecule has 0 bridgehead atoms. The molecule has 10 heteroatoms. The van der Waals surface area contributed by atoms with E-state index in [-0.39, 0.29) is 15.5 Å². The van der Waals surface area contributed by atoms with Gasteiger partial charge in [-0.3, -0.25) is 14.2 Å². The van der Waals surface area contributed by atoms with Crippen LogP contribution >= 0.6 is 11.3 Å². The van der Waals surface area contributed by atoms with Crippen LogP contribution in [0.25, 0.3) is 5.69 Å². The summed E-state index contributed by atoms with van der Waals surface area (Å²) in [4.78, 5) is 24.4. The summed E-state index contributed by atoms with van der Waals surface area (Å²) in [5, 5.41) is 1.47. The zero-order valence-electron chi connectivity index (χ0n) is 14.8. The van der Waals surface area contributed by atoms with Crippen LogP contribution in [0, 0.1) is 6.92 Å². The van der Waals surface area contributed by atoms with Gasteiger partial charge in [-0.05, 0) is 30.5 Å². The van der Waals surface area contributed by atoms with Crippen molar-refractivity contribution in [2.75, 3.05) is 11.8 Å². The largest absolute Gasteiger partial charge is 0.465 e. The number of benzene rings is 1. The Morgan fingerprint density at radius 3 is 2.48 bits per heavy atom. The van der Waals surface area contributed by atoms with Gasteiger partial charge in [0.1, 0.15) is 15.5 Å². The van der Waals surface area contributed by atoms with Gasteiger partial charge < -0.3 is 4.74 Å². The Bertz CT molecular complexity index is 1160. The molecule has 3 aromatic rings. The average molecular weight is 407 g/mol. The quantitative estimate of drug-likeness (QED) is 0.653. The van der Waals surface area contributed by atoms with Crippen molar-refractivity contribution >= 4 is 33.0 Å². The Morgan fingerprint density at radius 2 is 1.85 bits per heavy atom. The first-order valence-corrected chi connectivity index (χ1v) is 10.2. The molecule has 0 spiro atoms. The second-order valence-corrected chi connectivity index (χ2v) is 8.21. The van der Waals surface area contributed by atoms with Crippen molar-refractivity contribution in [1.29, 1.82) is 0 Å². The van der Waals surface area contributed by atoms with E-state index >= 15 is 0 Å². The summed E-state index contributed by atoms with van der Waals surface area (Å²) in [6.07, 6.45) is 0. The molecular weight excluding hydrogens is 390 g/mol. The Hall–Kier alpha value is -2.85.